The fourth-order valence-corrected chi connectivity index (χ4v) is 1.11. The summed E-state index contributed by atoms with van der Waals surface area (Å²) >= 11 is 0. The fraction of sp³-hybridized carbons (Fsp3) is 0.615. The Balaban J connectivity index is 3.67. The number of carbonyl (C=O) groups is 1. The van der Waals surface area contributed by atoms with Gasteiger partial charge in [0, 0.05) is 6.42 Å². The van der Waals surface area contributed by atoms with E-state index in [1.54, 1.807) is 0 Å². The van der Waals surface area contributed by atoms with Gasteiger partial charge in [-0.25, -0.2) is 0 Å². The van der Waals surface area contributed by atoms with E-state index in [2.05, 4.69) is 39.0 Å². The normalized spacial score (nSPS) is 16.2. The zero-order chi connectivity index (χ0) is 10.8. The molecule has 2 atom stereocenters. The van der Waals surface area contributed by atoms with Crippen LogP contribution in [0, 0.1) is 11.8 Å². The first kappa shape index (κ1) is 13.2. The molecule has 0 saturated heterocycles. The van der Waals surface area contributed by atoms with E-state index in [1.165, 1.54) is 6.42 Å². The highest BCUT2D eigenvalue weighted by molar-refractivity contribution is 5.51. The van der Waals surface area contributed by atoms with Crippen molar-refractivity contribution in [3.63, 3.8) is 0 Å². The standard InChI is InChI=1S/C13H22O/c1-4-12(2)9-7-10-13(3)8-5-6-11-14/h5,7-9,11-13H,4,6,10H2,1-3H3/b8-5+,9-7+. The predicted octanol–water partition coefficient (Wildman–Crippen LogP) is 3.76. The van der Waals surface area contributed by atoms with Crippen molar-refractivity contribution >= 4 is 6.29 Å². The maximum absolute atomic E-state index is 10.1. The van der Waals surface area contributed by atoms with Gasteiger partial charge in [0.05, 0.1) is 0 Å². The first-order valence-corrected chi connectivity index (χ1v) is 5.47. The molecule has 1 heteroatoms. The first-order chi connectivity index (χ1) is 6.70. The highest BCUT2D eigenvalue weighted by atomic mass is 16.1. The summed E-state index contributed by atoms with van der Waals surface area (Å²) in [7, 11) is 0. The second-order valence-corrected chi connectivity index (χ2v) is 3.86. The minimum absolute atomic E-state index is 0.537. The van der Waals surface area contributed by atoms with Crippen LogP contribution in [0.4, 0.5) is 0 Å². The van der Waals surface area contributed by atoms with Gasteiger partial charge in [0.2, 0.25) is 0 Å². The SMILES string of the molecule is CCC(C)/C=C/CC(C)/C=C/CC=O. The minimum Gasteiger partial charge on any atom is -0.303 e. The van der Waals surface area contributed by atoms with Crippen LogP contribution in [-0.2, 0) is 4.79 Å². The molecule has 14 heavy (non-hydrogen) atoms. The van der Waals surface area contributed by atoms with Gasteiger partial charge in [-0.2, -0.15) is 0 Å². The summed E-state index contributed by atoms with van der Waals surface area (Å²) in [6, 6.07) is 0. The Hall–Kier alpha value is -0.850. The monoisotopic (exact) mass is 194 g/mol. The quantitative estimate of drug-likeness (QED) is 0.445. The number of allylic oxidation sites excluding steroid dienone is 4. The second kappa shape index (κ2) is 8.74. The molecule has 0 aromatic heterocycles. The molecule has 0 N–H and O–H groups in total. The average Bonchev–Trinajstić information content (AvgIpc) is 2.18. The van der Waals surface area contributed by atoms with E-state index < -0.39 is 0 Å². The van der Waals surface area contributed by atoms with E-state index in [1.807, 2.05) is 6.08 Å². The fourth-order valence-electron chi connectivity index (χ4n) is 1.11. The van der Waals surface area contributed by atoms with Crippen LogP contribution in [0.25, 0.3) is 0 Å². The molecule has 0 aromatic rings. The smallest absolute Gasteiger partial charge is 0.123 e. The summed E-state index contributed by atoms with van der Waals surface area (Å²) < 4.78 is 0. The van der Waals surface area contributed by atoms with Crippen LogP contribution in [0.15, 0.2) is 24.3 Å². The van der Waals surface area contributed by atoms with Gasteiger partial charge in [0.1, 0.15) is 6.29 Å². The molecule has 0 aliphatic rings. The highest BCUT2D eigenvalue weighted by Crippen LogP contribution is 2.08. The van der Waals surface area contributed by atoms with Crippen LogP contribution >= 0.6 is 0 Å². The Kier molecular flexibility index (Phi) is 8.20. The van der Waals surface area contributed by atoms with Crippen molar-refractivity contribution in [2.75, 3.05) is 0 Å². The van der Waals surface area contributed by atoms with Crippen LogP contribution in [-0.4, -0.2) is 6.29 Å². The van der Waals surface area contributed by atoms with Crippen molar-refractivity contribution < 1.29 is 4.79 Å². The molecule has 2 unspecified atom stereocenters. The summed E-state index contributed by atoms with van der Waals surface area (Å²) in [6.07, 6.45) is 12.3. The van der Waals surface area contributed by atoms with Crippen molar-refractivity contribution in [1.29, 1.82) is 0 Å². The van der Waals surface area contributed by atoms with Gasteiger partial charge < -0.3 is 4.79 Å². The highest BCUT2D eigenvalue weighted by Gasteiger charge is 1.94. The molecule has 0 aliphatic carbocycles. The predicted molar refractivity (Wildman–Crippen MR) is 62.2 cm³/mol. The lowest BCUT2D eigenvalue weighted by molar-refractivity contribution is -0.107. The molecule has 0 fully saturated rings. The van der Waals surface area contributed by atoms with Gasteiger partial charge in [-0.3, -0.25) is 0 Å². The number of carbonyl (C=O) groups excluding carboxylic acids is 1. The van der Waals surface area contributed by atoms with Crippen molar-refractivity contribution in [1.82, 2.24) is 0 Å². The first-order valence-electron chi connectivity index (χ1n) is 5.47. The molecule has 0 radical (unpaired) electrons. The lowest BCUT2D eigenvalue weighted by Crippen LogP contribution is -1.88. The Bertz CT molecular complexity index is 191. The third-order valence-electron chi connectivity index (χ3n) is 2.31. The van der Waals surface area contributed by atoms with Gasteiger partial charge in [-0.05, 0) is 18.3 Å². The zero-order valence-corrected chi connectivity index (χ0v) is 9.57. The van der Waals surface area contributed by atoms with Crippen LogP contribution in [0.5, 0.6) is 0 Å². The molecule has 1 nitrogen and oxygen atoms in total. The van der Waals surface area contributed by atoms with Gasteiger partial charge in [-0.1, -0.05) is 51.5 Å². The van der Waals surface area contributed by atoms with Crippen LogP contribution < -0.4 is 0 Å². The van der Waals surface area contributed by atoms with E-state index >= 15 is 0 Å². The van der Waals surface area contributed by atoms with E-state index in [0.717, 1.165) is 12.7 Å². The Morgan fingerprint density at radius 2 is 1.71 bits per heavy atom. The third kappa shape index (κ3) is 7.78. The van der Waals surface area contributed by atoms with Gasteiger partial charge in [-0.15, -0.1) is 0 Å². The molecule has 0 aliphatic heterocycles. The number of aldehydes is 1. The van der Waals surface area contributed by atoms with Crippen molar-refractivity contribution in [3.05, 3.63) is 24.3 Å². The van der Waals surface area contributed by atoms with Gasteiger partial charge in [0.15, 0.2) is 0 Å². The Morgan fingerprint density at radius 3 is 2.29 bits per heavy atom. The maximum atomic E-state index is 10.1. The Labute approximate surface area is 87.9 Å². The maximum Gasteiger partial charge on any atom is 0.123 e. The lowest BCUT2D eigenvalue weighted by atomic mass is 10.0. The molecular weight excluding hydrogens is 172 g/mol. The molecule has 0 heterocycles. The van der Waals surface area contributed by atoms with Crippen molar-refractivity contribution in [3.8, 4) is 0 Å². The summed E-state index contributed by atoms with van der Waals surface area (Å²) in [5.41, 5.74) is 0. The lowest BCUT2D eigenvalue weighted by Gasteiger charge is -2.02. The largest absolute Gasteiger partial charge is 0.303 e. The third-order valence-corrected chi connectivity index (χ3v) is 2.31. The number of hydrogen-bond acceptors (Lipinski definition) is 1. The summed E-state index contributed by atoms with van der Waals surface area (Å²) in [5.74, 6) is 1.22. The molecule has 0 saturated carbocycles. The summed E-state index contributed by atoms with van der Waals surface area (Å²) in [4.78, 5) is 10.1. The summed E-state index contributed by atoms with van der Waals surface area (Å²) in [5, 5.41) is 0. The molecule has 80 valence electrons. The number of hydrogen-bond donors (Lipinski definition) is 0. The van der Waals surface area contributed by atoms with E-state index in [9.17, 15) is 4.79 Å². The zero-order valence-electron chi connectivity index (χ0n) is 9.57. The molecule has 0 aromatic carbocycles. The summed E-state index contributed by atoms with van der Waals surface area (Å²) in [6.45, 7) is 6.59. The average molecular weight is 194 g/mol. The van der Waals surface area contributed by atoms with Crippen LogP contribution in [0.3, 0.4) is 0 Å². The topological polar surface area (TPSA) is 17.1 Å². The molecule has 0 spiro atoms. The van der Waals surface area contributed by atoms with Gasteiger partial charge >= 0.3 is 0 Å². The van der Waals surface area contributed by atoms with Gasteiger partial charge in [0.25, 0.3) is 0 Å². The van der Waals surface area contributed by atoms with E-state index in [4.69, 9.17) is 0 Å². The van der Waals surface area contributed by atoms with Crippen molar-refractivity contribution in [2.45, 2.75) is 40.0 Å². The Morgan fingerprint density at radius 1 is 1.07 bits per heavy atom. The molecule has 0 bridgehead atoms. The van der Waals surface area contributed by atoms with Crippen LogP contribution in [0.2, 0.25) is 0 Å². The molecular formula is C13H22O. The minimum atomic E-state index is 0.537. The number of rotatable bonds is 7. The van der Waals surface area contributed by atoms with Crippen molar-refractivity contribution in [2.24, 2.45) is 11.8 Å². The molecule has 0 amide bonds. The van der Waals surface area contributed by atoms with E-state index in [-0.39, 0.29) is 0 Å². The van der Waals surface area contributed by atoms with E-state index in [0.29, 0.717) is 18.3 Å². The van der Waals surface area contributed by atoms with Crippen LogP contribution in [0.1, 0.15) is 40.0 Å². The molecule has 0 rings (SSSR count). The second-order valence-electron chi connectivity index (χ2n) is 3.86.